The summed E-state index contributed by atoms with van der Waals surface area (Å²) in [5.74, 6) is 0.223. The van der Waals surface area contributed by atoms with Gasteiger partial charge in [-0.2, -0.15) is 0 Å². The Labute approximate surface area is 210 Å². The molecule has 2 aromatic rings. The number of carbonyl (C=O) groups is 2. The number of likely N-dealkylation sites (tertiary alicyclic amines) is 1. The normalized spacial score (nSPS) is 21.8. The first-order valence-electron chi connectivity index (χ1n) is 11.7. The van der Waals surface area contributed by atoms with Gasteiger partial charge in [-0.25, -0.2) is 4.79 Å². The maximum atomic E-state index is 12.9. The smallest absolute Gasteiger partial charge is 0.410 e. The number of piperidine rings is 1. The molecule has 2 amide bonds. The summed E-state index contributed by atoms with van der Waals surface area (Å²) in [6.45, 7) is 7.55. The van der Waals surface area contributed by atoms with Gasteiger partial charge in [0.25, 0.3) is 0 Å². The first-order valence-corrected chi connectivity index (χ1v) is 12.4. The molecule has 0 aromatic heterocycles. The molecule has 5 rings (SSSR count). The van der Waals surface area contributed by atoms with Gasteiger partial charge in [0.15, 0.2) is 0 Å². The number of anilines is 2. The van der Waals surface area contributed by atoms with Gasteiger partial charge in [0.05, 0.1) is 11.4 Å². The van der Waals surface area contributed by atoms with E-state index in [1.807, 2.05) is 50.9 Å². The molecule has 3 heterocycles. The van der Waals surface area contributed by atoms with E-state index < -0.39 is 5.60 Å². The third-order valence-electron chi connectivity index (χ3n) is 6.98. The minimum atomic E-state index is -0.539. The van der Waals surface area contributed by atoms with E-state index in [0.29, 0.717) is 36.1 Å². The lowest BCUT2D eigenvalue weighted by molar-refractivity contribution is -0.118. The SMILES string of the molecule is CN1C(=O)CCN2c3c(cc(-c4ccc(Cl)cc4Cl)cc31)[C@@H]1CN(C(=O)OC(C)(C)C)CC[C@@H]12. The molecule has 0 spiro atoms. The van der Waals surface area contributed by atoms with Gasteiger partial charge in [-0.3, -0.25) is 4.79 Å². The summed E-state index contributed by atoms with van der Waals surface area (Å²) >= 11 is 12.7. The number of carbonyl (C=O) groups excluding carboxylic acids is 2. The molecule has 0 saturated carbocycles. The average Bonchev–Trinajstić information content (AvgIpc) is 3.01. The average molecular weight is 502 g/mol. The van der Waals surface area contributed by atoms with Crippen LogP contribution in [0.15, 0.2) is 30.3 Å². The second-order valence-corrected chi connectivity index (χ2v) is 11.2. The fraction of sp³-hybridized carbons (Fsp3) is 0.462. The zero-order valence-electron chi connectivity index (χ0n) is 19.9. The molecule has 0 aliphatic carbocycles. The summed E-state index contributed by atoms with van der Waals surface area (Å²) in [6.07, 6.45) is 1.01. The number of hydrogen-bond donors (Lipinski definition) is 0. The molecule has 0 radical (unpaired) electrons. The number of hydrogen-bond acceptors (Lipinski definition) is 4. The van der Waals surface area contributed by atoms with Crippen LogP contribution in [0.1, 0.15) is 45.1 Å². The Hall–Kier alpha value is -2.44. The molecular formula is C26H29Cl2N3O3. The quantitative estimate of drug-likeness (QED) is 0.485. The largest absolute Gasteiger partial charge is 0.444 e. The van der Waals surface area contributed by atoms with Crippen LogP contribution in [-0.4, -0.2) is 55.2 Å². The van der Waals surface area contributed by atoms with E-state index in [2.05, 4.69) is 11.0 Å². The molecule has 1 saturated heterocycles. The summed E-state index contributed by atoms with van der Waals surface area (Å²) in [7, 11) is 1.84. The van der Waals surface area contributed by atoms with Crippen LogP contribution in [0.2, 0.25) is 10.0 Å². The van der Waals surface area contributed by atoms with E-state index >= 15 is 0 Å². The highest BCUT2D eigenvalue weighted by Crippen LogP contribution is 2.52. The van der Waals surface area contributed by atoms with Gasteiger partial charge in [0.2, 0.25) is 5.91 Å². The van der Waals surface area contributed by atoms with E-state index in [4.69, 9.17) is 27.9 Å². The van der Waals surface area contributed by atoms with E-state index in [0.717, 1.165) is 34.5 Å². The van der Waals surface area contributed by atoms with Crippen molar-refractivity contribution >= 4 is 46.6 Å². The first-order chi connectivity index (χ1) is 16.0. The van der Waals surface area contributed by atoms with Crippen LogP contribution in [0.25, 0.3) is 11.1 Å². The molecular weight excluding hydrogens is 473 g/mol. The molecule has 6 nitrogen and oxygen atoms in total. The fourth-order valence-electron chi connectivity index (χ4n) is 5.44. The Kier molecular flexibility index (Phi) is 5.72. The number of nitrogens with zero attached hydrogens (tertiary/aromatic N) is 3. The summed E-state index contributed by atoms with van der Waals surface area (Å²) in [6, 6.07) is 9.93. The van der Waals surface area contributed by atoms with Gasteiger partial charge in [-0.15, -0.1) is 0 Å². The summed E-state index contributed by atoms with van der Waals surface area (Å²) in [4.78, 5) is 31.7. The third-order valence-corrected chi connectivity index (χ3v) is 7.53. The lowest BCUT2D eigenvalue weighted by Gasteiger charge is -2.39. The van der Waals surface area contributed by atoms with Gasteiger partial charge >= 0.3 is 6.09 Å². The minimum Gasteiger partial charge on any atom is -0.444 e. The Morgan fingerprint density at radius 1 is 1.12 bits per heavy atom. The zero-order chi connectivity index (χ0) is 24.4. The molecule has 2 aromatic carbocycles. The topological polar surface area (TPSA) is 53.1 Å². The zero-order valence-corrected chi connectivity index (χ0v) is 21.4. The molecule has 2 atom stereocenters. The molecule has 0 unspecified atom stereocenters. The Morgan fingerprint density at radius 2 is 1.88 bits per heavy atom. The van der Waals surface area contributed by atoms with Gasteiger partial charge in [-0.1, -0.05) is 29.3 Å². The van der Waals surface area contributed by atoms with Crippen LogP contribution in [-0.2, 0) is 9.53 Å². The highest BCUT2D eigenvalue weighted by molar-refractivity contribution is 6.36. The highest BCUT2D eigenvalue weighted by Gasteiger charge is 2.46. The van der Waals surface area contributed by atoms with Crippen molar-refractivity contribution in [3.8, 4) is 11.1 Å². The van der Waals surface area contributed by atoms with Gasteiger partial charge in [0, 0.05) is 60.7 Å². The van der Waals surface area contributed by atoms with Crippen molar-refractivity contribution in [1.82, 2.24) is 4.90 Å². The minimum absolute atomic E-state index is 0.0960. The molecule has 180 valence electrons. The number of fused-ring (bicyclic) bond motifs is 3. The summed E-state index contributed by atoms with van der Waals surface area (Å²) < 4.78 is 5.66. The van der Waals surface area contributed by atoms with E-state index in [9.17, 15) is 9.59 Å². The van der Waals surface area contributed by atoms with Crippen LogP contribution >= 0.6 is 23.2 Å². The van der Waals surface area contributed by atoms with Crippen molar-refractivity contribution in [3.63, 3.8) is 0 Å². The number of halogens is 2. The number of benzene rings is 2. The molecule has 8 heteroatoms. The van der Waals surface area contributed by atoms with Crippen molar-refractivity contribution in [3.05, 3.63) is 45.9 Å². The Morgan fingerprint density at radius 3 is 2.59 bits per heavy atom. The van der Waals surface area contributed by atoms with Crippen LogP contribution in [0, 0.1) is 0 Å². The van der Waals surface area contributed by atoms with Crippen LogP contribution in [0.3, 0.4) is 0 Å². The Balaban J connectivity index is 1.60. The second-order valence-electron chi connectivity index (χ2n) is 10.3. The van der Waals surface area contributed by atoms with Gasteiger partial charge in [-0.05, 0) is 62.6 Å². The monoisotopic (exact) mass is 501 g/mol. The fourth-order valence-corrected chi connectivity index (χ4v) is 5.96. The predicted molar refractivity (Wildman–Crippen MR) is 136 cm³/mol. The van der Waals surface area contributed by atoms with Crippen molar-refractivity contribution in [2.24, 2.45) is 0 Å². The van der Waals surface area contributed by atoms with Crippen molar-refractivity contribution in [2.45, 2.75) is 51.2 Å². The molecule has 0 N–H and O–H groups in total. The van der Waals surface area contributed by atoms with Crippen molar-refractivity contribution < 1.29 is 14.3 Å². The Bertz CT molecular complexity index is 1180. The predicted octanol–water partition coefficient (Wildman–Crippen LogP) is 5.94. The van der Waals surface area contributed by atoms with Crippen molar-refractivity contribution in [1.29, 1.82) is 0 Å². The molecule has 3 aliphatic rings. The summed E-state index contributed by atoms with van der Waals surface area (Å²) in [5, 5.41) is 1.14. The molecule has 0 bridgehead atoms. The van der Waals surface area contributed by atoms with E-state index in [-0.39, 0.29) is 24.0 Å². The van der Waals surface area contributed by atoms with Gasteiger partial charge in [0.1, 0.15) is 5.60 Å². The van der Waals surface area contributed by atoms with E-state index in [1.54, 1.807) is 11.0 Å². The highest BCUT2D eigenvalue weighted by atomic mass is 35.5. The van der Waals surface area contributed by atoms with Gasteiger partial charge < -0.3 is 19.4 Å². The second kappa shape index (κ2) is 8.35. The molecule has 1 fully saturated rings. The maximum Gasteiger partial charge on any atom is 0.410 e. The maximum absolute atomic E-state index is 12.9. The van der Waals surface area contributed by atoms with Crippen molar-refractivity contribution in [2.75, 3.05) is 36.5 Å². The van der Waals surface area contributed by atoms with E-state index in [1.165, 1.54) is 0 Å². The standard InChI is InChI=1S/C26H29Cl2N3O3/c1-26(2,3)34-25(33)30-9-7-21-19(14-30)18-11-15(17-6-5-16(27)13-20(17)28)12-22-24(18)31(21)10-8-23(32)29(22)4/h5-6,11-13,19,21H,7-10,14H2,1-4H3/t19-,21-/m0/s1. The third kappa shape index (κ3) is 4.01. The van der Waals surface area contributed by atoms with Crippen LogP contribution < -0.4 is 9.80 Å². The van der Waals surface area contributed by atoms with Crippen LogP contribution in [0.5, 0.6) is 0 Å². The van der Waals surface area contributed by atoms with Crippen LogP contribution in [0.4, 0.5) is 16.2 Å². The molecule has 3 aliphatic heterocycles. The summed E-state index contributed by atoms with van der Waals surface area (Å²) in [5.41, 5.74) is 4.40. The number of ether oxygens (including phenoxy) is 1. The lowest BCUT2D eigenvalue weighted by Crippen LogP contribution is -2.49. The molecule has 34 heavy (non-hydrogen) atoms. The number of amides is 2. The lowest BCUT2D eigenvalue weighted by atomic mass is 9.87. The first kappa shape index (κ1) is 23.3. The number of rotatable bonds is 1.